The summed E-state index contributed by atoms with van der Waals surface area (Å²) in [4.78, 5) is 12.5. The molecule has 0 atom stereocenters. The number of hydrogen-bond donors (Lipinski definition) is 1. The first-order valence-electron chi connectivity index (χ1n) is 7.88. The maximum absolute atomic E-state index is 12.5. The first-order chi connectivity index (χ1) is 11.9. The van der Waals surface area contributed by atoms with Gasteiger partial charge in [-0.1, -0.05) is 23.8 Å². The second kappa shape index (κ2) is 6.58. The molecule has 0 fully saturated rings. The highest BCUT2D eigenvalue weighted by Crippen LogP contribution is 2.37. The van der Waals surface area contributed by atoms with Crippen LogP contribution in [0.25, 0.3) is 11.1 Å². The van der Waals surface area contributed by atoms with E-state index >= 15 is 0 Å². The van der Waals surface area contributed by atoms with E-state index in [1.54, 1.807) is 19.9 Å². The molecule has 126 valence electrons. The third kappa shape index (κ3) is 3.21. The molecule has 0 bridgehead atoms. The number of carbonyl (C=O) groups excluding carboxylic acids is 1. The molecule has 0 aliphatic rings. The highest BCUT2D eigenvalue weighted by Gasteiger charge is 2.19. The third-order valence-corrected chi connectivity index (χ3v) is 4.99. The van der Waals surface area contributed by atoms with Crippen LogP contribution in [0, 0.1) is 39.0 Å². The number of nitrogens with one attached hydrogen (secondary N) is 1. The molecular formula is C20H18N2O2S. The van der Waals surface area contributed by atoms with Gasteiger partial charge in [0.2, 0.25) is 0 Å². The average Bonchev–Trinajstić information content (AvgIpc) is 3.12. The molecule has 4 nitrogen and oxygen atoms in total. The fourth-order valence-electron chi connectivity index (χ4n) is 2.81. The van der Waals surface area contributed by atoms with Crippen LogP contribution in [0.1, 0.15) is 38.6 Å². The Hall–Kier alpha value is -2.84. The van der Waals surface area contributed by atoms with Gasteiger partial charge in [-0.25, -0.2) is 0 Å². The van der Waals surface area contributed by atoms with Crippen molar-refractivity contribution in [2.45, 2.75) is 27.7 Å². The van der Waals surface area contributed by atoms with Gasteiger partial charge in [-0.2, -0.15) is 5.26 Å². The van der Waals surface area contributed by atoms with Crippen molar-refractivity contribution in [2.75, 3.05) is 5.32 Å². The van der Waals surface area contributed by atoms with E-state index in [4.69, 9.17) is 4.42 Å². The largest absolute Gasteiger partial charge is 0.466 e. The number of rotatable bonds is 3. The Morgan fingerprint density at radius 3 is 2.56 bits per heavy atom. The van der Waals surface area contributed by atoms with E-state index in [0.29, 0.717) is 27.6 Å². The van der Waals surface area contributed by atoms with Gasteiger partial charge < -0.3 is 9.73 Å². The van der Waals surface area contributed by atoms with E-state index in [9.17, 15) is 10.1 Å². The highest BCUT2D eigenvalue weighted by atomic mass is 32.1. The molecule has 1 aromatic carbocycles. The van der Waals surface area contributed by atoms with E-state index < -0.39 is 0 Å². The second-order valence-electron chi connectivity index (χ2n) is 6.06. The lowest BCUT2D eigenvalue weighted by atomic mass is 9.98. The van der Waals surface area contributed by atoms with Crippen molar-refractivity contribution in [3.05, 3.63) is 63.4 Å². The summed E-state index contributed by atoms with van der Waals surface area (Å²) in [6.45, 7) is 7.59. The van der Waals surface area contributed by atoms with Crippen LogP contribution in [0.2, 0.25) is 0 Å². The molecule has 0 aliphatic carbocycles. The van der Waals surface area contributed by atoms with E-state index in [1.165, 1.54) is 11.3 Å². The number of nitriles is 1. The summed E-state index contributed by atoms with van der Waals surface area (Å²) in [7, 11) is 0. The number of hydrogen-bond acceptors (Lipinski definition) is 4. The summed E-state index contributed by atoms with van der Waals surface area (Å²) in [6.07, 6.45) is 0. The van der Waals surface area contributed by atoms with Crippen molar-refractivity contribution in [3.63, 3.8) is 0 Å². The van der Waals surface area contributed by atoms with Crippen molar-refractivity contribution in [1.29, 1.82) is 5.26 Å². The van der Waals surface area contributed by atoms with Gasteiger partial charge in [0.1, 0.15) is 22.6 Å². The molecule has 0 saturated carbocycles. The Kier molecular flexibility index (Phi) is 4.47. The minimum atomic E-state index is -0.264. The Morgan fingerprint density at radius 1 is 1.16 bits per heavy atom. The van der Waals surface area contributed by atoms with E-state index in [2.05, 4.69) is 17.5 Å². The van der Waals surface area contributed by atoms with Crippen molar-refractivity contribution in [1.82, 2.24) is 0 Å². The first kappa shape index (κ1) is 17.0. The predicted octanol–water partition coefficient (Wildman–Crippen LogP) is 5.37. The molecule has 0 unspecified atom stereocenters. The topological polar surface area (TPSA) is 66.0 Å². The minimum absolute atomic E-state index is 0.264. The summed E-state index contributed by atoms with van der Waals surface area (Å²) in [6, 6.07) is 10.1. The molecule has 1 amide bonds. The highest BCUT2D eigenvalue weighted by molar-refractivity contribution is 7.15. The van der Waals surface area contributed by atoms with Crippen LogP contribution in [0.4, 0.5) is 5.00 Å². The number of anilines is 1. The summed E-state index contributed by atoms with van der Waals surface area (Å²) in [5, 5.41) is 15.0. The Balaban J connectivity index is 1.98. The fourth-order valence-corrected chi connectivity index (χ4v) is 3.72. The van der Waals surface area contributed by atoms with Crippen LogP contribution in [0.5, 0.6) is 0 Å². The second-order valence-corrected chi connectivity index (χ2v) is 6.94. The van der Waals surface area contributed by atoms with Gasteiger partial charge in [0.05, 0.1) is 11.1 Å². The SMILES string of the molecule is Cc1ccc(C)c(-c2csc(NC(=O)c3cc(C)oc3C)c2C#N)c1. The monoisotopic (exact) mass is 350 g/mol. The van der Waals surface area contributed by atoms with Crippen LogP contribution in [-0.2, 0) is 0 Å². The number of benzene rings is 1. The number of nitrogens with zero attached hydrogens (tertiary/aromatic N) is 1. The van der Waals surface area contributed by atoms with Gasteiger partial charge >= 0.3 is 0 Å². The molecule has 1 N–H and O–H groups in total. The molecule has 0 radical (unpaired) electrons. The van der Waals surface area contributed by atoms with Crippen LogP contribution in [0.15, 0.2) is 34.1 Å². The van der Waals surface area contributed by atoms with E-state index in [0.717, 1.165) is 22.3 Å². The lowest BCUT2D eigenvalue weighted by Crippen LogP contribution is -2.12. The van der Waals surface area contributed by atoms with Gasteiger partial charge in [-0.15, -0.1) is 11.3 Å². The fraction of sp³-hybridized carbons (Fsp3) is 0.200. The average molecular weight is 350 g/mol. The number of furan rings is 1. The zero-order valence-electron chi connectivity index (χ0n) is 14.6. The zero-order chi connectivity index (χ0) is 18.1. The Labute approximate surface area is 150 Å². The number of aryl methyl sites for hydroxylation is 4. The molecule has 0 saturated heterocycles. The lowest BCUT2D eigenvalue weighted by Gasteiger charge is -2.07. The summed E-state index contributed by atoms with van der Waals surface area (Å²) in [5.74, 6) is 0.991. The van der Waals surface area contributed by atoms with E-state index in [-0.39, 0.29) is 5.91 Å². The van der Waals surface area contributed by atoms with Gasteiger partial charge in [-0.05, 0) is 44.9 Å². The summed E-state index contributed by atoms with van der Waals surface area (Å²) in [5.41, 5.74) is 5.07. The minimum Gasteiger partial charge on any atom is -0.466 e. The number of carbonyl (C=O) groups is 1. The Bertz CT molecular complexity index is 1010. The normalized spacial score (nSPS) is 10.5. The van der Waals surface area contributed by atoms with Gasteiger partial charge in [0.25, 0.3) is 5.91 Å². The van der Waals surface area contributed by atoms with Crippen molar-refractivity contribution < 1.29 is 9.21 Å². The molecule has 3 aromatic rings. The van der Waals surface area contributed by atoms with Crippen molar-refractivity contribution in [3.8, 4) is 17.2 Å². The third-order valence-electron chi connectivity index (χ3n) is 4.10. The summed E-state index contributed by atoms with van der Waals surface area (Å²) < 4.78 is 5.41. The molecule has 25 heavy (non-hydrogen) atoms. The molecule has 2 heterocycles. The standard InChI is InChI=1S/C20H18N2O2S/c1-11-5-6-12(2)15(7-11)18-10-25-20(17(18)9-21)22-19(23)16-8-13(3)24-14(16)4/h5-8,10H,1-4H3,(H,22,23). The lowest BCUT2D eigenvalue weighted by molar-refractivity contribution is 0.102. The molecule has 0 aliphatic heterocycles. The summed E-state index contributed by atoms with van der Waals surface area (Å²) >= 11 is 1.36. The van der Waals surface area contributed by atoms with Crippen LogP contribution in [-0.4, -0.2) is 5.91 Å². The van der Waals surface area contributed by atoms with E-state index in [1.807, 2.05) is 31.4 Å². The quantitative estimate of drug-likeness (QED) is 0.691. The maximum atomic E-state index is 12.5. The Morgan fingerprint density at radius 2 is 1.92 bits per heavy atom. The molecule has 3 rings (SSSR count). The van der Waals surface area contributed by atoms with Crippen LogP contribution < -0.4 is 5.32 Å². The van der Waals surface area contributed by atoms with Crippen LogP contribution in [0.3, 0.4) is 0 Å². The van der Waals surface area contributed by atoms with Gasteiger partial charge in [0, 0.05) is 10.9 Å². The van der Waals surface area contributed by atoms with Crippen molar-refractivity contribution in [2.24, 2.45) is 0 Å². The molecule has 2 aromatic heterocycles. The molecule has 5 heteroatoms. The molecular weight excluding hydrogens is 332 g/mol. The first-order valence-corrected chi connectivity index (χ1v) is 8.76. The van der Waals surface area contributed by atoms with Crippen molar-refractivity contribution >= 4 is 22.2 Å². The van der Waals surface area contributed by atoms with Gasteiger partial charge in [-0.3, -0.25) is 4.79 Å². The van der Waals surface area contributed by atoms with Crippen LogP contribution >= 0.6 is 11.3 Å². The smallest absolute Gasteiger partial charge is 0.259 e. The zero-order valence-corrected chi connectivity index (χ0v) is 15.4. The predicted molar refractivity (Wildman–Crippen MR) is 100 cm³/mol. The number of amides is 1. The number of thiophene rings is 1. The van der Waals surface area contributed by atoms with Gasteiger partial charge in [0.15, 0.2) is 0 Å². The molecule has 0 spiro atoms. The maximum Gasteiger partial charge on any atom is 0.259 e.